The number of fused-ring (bicyclic) bond motifs is 5. The number of hydrogen-bond donors (Lipinski definition) is 0. The lowest BCUT2D eigenvalue weighted by atomic mass is 9.84. The third kappa shape index (κ3) is 2.05. The molecule has 27 heavy (non-hydrogen) atoms. The molecule has 1 heterocycles. The Morgan fingerprint density at radius 1 is 0.963 bits per heavy atom. The lowest BCUT2D eigenvalue weighted by Gasteiger charge is -2.34. The largest absolute Gasteiger partial charge is 0.492 e. The number of benzene rings is 1. The van der Waals surface area contributed by atoms with E-state index < -0.39 is 37.7 Å². The Morgan fingerprint density at radius 2 is 1.44 bits per heavy atom. The first-order valence-corrected chi connectivity index (χ1v) is 10.2. The highest BCUT2D eigenvalue weighted by Crippen LogP contribution is 2.77. The van der Waals surface area contributed by atoms with E-state index in [0.29, 0.717) is 12.4 Å². The molecule has 0 N–H and O–H groups in total. The van der Waals surface area contributed by atoms with E-state index in [4.69, 9.17) is 74.3 Å². The van der Waals surface area contributed by atoms with Gasteiger partial charge in [0.25, 0.3) is 0 Å². The van der Waals surface area contributed by atoms with Crippen molar-refractivity contribution in [3.63, 3.8) is 0 Å². The Morgan fingerprint density at radius 3 is 1.93 bits per heavy atom. The van der Waals surface area contributed by atoms with Crippen LogP contribution in [0.5, 0.6) is 5.75 Å². The molecule has 3 aliphatic rings. The number of imide groups is 1. The summed E-state index contributed by atoms with van der Waals surface area (Å²) in [5, 5.41) is -0.235. The Hall–Kier alpha value is -0.360. The number of carbonyl (C=O) groups is 2. The van der Waals surface area contributed by atoms with Crippen LogP contribution in [0, 0.1) is 11.8 Å². The molecule has 4 atom stereocenters. The average molecular weight is 490 g/mol. The van der Waals surface area contributed by atoms with E-state index in [1.807, 2.05) is 0 Å². The zero-order chi connectivity index (χ0) is 19.9. The predicted molar refractivity (Wildman–Crippen MR) is 107 cm³/mol. The van der Waals surface area contributed by atoms with Crippen molar-refractivity contribution in [1.82, 2.24) is 0 Å². The van der Waals surface area contributed by atoms with Crippen LogP contribution in [-0.4, -0.2) is 32.5 Å². The standard InChI is InChI=1S/C17H11Cl6NO3/c1-2-27-8-6-4-3-5-7(8)24-13(25)9-10(14(24)26)16(21)12(19)11(18)15(9,20)17(16,22)23/h3-6,9-10H,2H2,1H3/t9-,10-,15+,16+/m1/s1. The lowest BCUT2D eigenvalue weighted by molar-refractivity contribution is -0.123. The molecular formula is C17H11Cl6NO3. The number of alkyl halides is 4. The number of ether oxygens (including phenoxy) is 1. The highest BCUT2D eigenvalue weighted by Gasteiger charge is 2.87. The van der Waals surface area contributed by atoms with Crippen molar-refractivity contribution in [3.05, 3.63) is 34.3 Å². The first-order chi connectivity index (χ1) is 12.6. The number of hydrogen-bond acceptors (Lipinski definition) is 3. The Kier molecular flexibility index (Phi) is 4.48. The van der Waals surface area contributed by atoms with Crippen molar-refractivity contribution in [2.75, 3.05) is 11.5 Å². The van der Waals surface area contributed by atoms with Crippen LogP contribution in [0.15, 0.2) is 34.3 Å². The van der Waals surface area contributed by atoms with E-state index in [9.17, 15) is 9.59 Å². The van der Waals surface area contributed by atoms with Gasteiger partial charge in [0.1, 0.15) is 15.5 Å². The van der Waals surface area contributed by atoms with Crippen LogP contribution < -0.4 is 9.64 Å². The highest BCUT2D eigenvalue weighted by atomic mass is 35.5. The molecule has 144 valence electrons. The number of anilines is 1. The number of amides is 2. The molecular weight excluding hydrogens is 479 g/mol. The van der Waals surface area contributed by atoms with Crippen molar-refractivity contribution in [2.45, 2.75) is 21.0 Å². The Labute approximate surface area is 185 Å². The summed E-state index contributed by atoms with van der Waals surface area (Å²) in [6, 6.07) is 6.66. The van der Waals surface area contributed by atoms with Gasteiger partial charge in [-0.15, -0.1) is 23.2 Å². The van der Waals surface area contributed by atoms with Crippen LogP contribution in [0.25, 0.3) is 0 Å². The summed E-state index contributed by atoms with van der Waals surface area (Å²) < 4.78 is 3.60. The number of rotatable bonds is 3. The first kappa shape index (κ1) is 19.9. The van der Waals surface area contributed by atoms with Crippen LogP contribution in [-0.2, 0) is 9.59 Å². The molecule has 2 fully saturated rings. The van der Waals surface area contributed by atoms with Gasteiger partial charge in [0, 0.05) is 0 Å². The molecule has 1 saturated carbocycles. The minimum Gasteiger partial charge on any atom is -0.492 e. The summed E-state index contributed by atoms with van der Waals surface area (Å²) in [6.45, 7) is 2.14. The van der Waals surface area contributed by atoms with Gasteiger partial charge in [-0.1, -0.05) is 58.5 Å². The van der Waals surface area contributed by atoms with Crippen LogP contribution >= 0.6 is 69.6 Å². The lowest BCUT2D eigenvalue weighted by Crippen LogP contribution is -2.50. The fourth-order valence-corrected chi connectivity index (χ4v) is 7.08. The normalized spacial score (nSPS) is 36.6. The Balaban J connectivity index is 1.89. The summed E-state index contributed by atoms with van der Waals surface area (Å²) in [4.78, 5) is 24.0. The van der Waals surface area contributed by atoms with E-state index >= 15 is 0 Å². The SMILES string of the molecule is CCOc1ccccc1N1C(=O)[C@H]2[C@H](C1=O)[C@]1(Cl)C(Cl)=C(Cl)[C@]2(Cl)C1(Cl)Cl. The maximum atomic E-state index is 13.3. The molecule has 2 aliphatic carbocycles. The maximum Gasteiger partial charge on any atom is 0.240 e. The van der Waals surface area contributed by atoms with E-state index in [1.54, 1.807) is 31.2 Å². The van der Waals surface area contributed by atoms with Gasteiger partial charge in [0.2, 0.25) is 11.8 Å². The molecule has 0 spiro atoms. The first-order valence-electron chi connectivity index (χ1n) is 7.98. The number of allylic oxidation sites excluding steroid dienone is 2. The molecule has 1 aromatic carbocycles. The quantitative estimate of drug-likeness (QED) is 0.441. The van der Waals surface area contributed by atoms with Gasteiger partial charge >= 0.3 is 0 Å². The fourth-order valence-electron chi connectivity index (χ4n) is 4.15. The summed E-state index contributed by atoms with van der Waals surface area (Å²) in [5.74, 6) is -3.17. The van der Waals surface area contributed by atoms with Gasteiger partial charge in [0.05, 0.1) is 34.2 Å². The molecule has 1 aliphatic heterocycles. The van der Waals surface area contributed by atoms with Gasteiger partial charge in [-0.25, -0.2) is 4.90 Å². The van der Waals surface area contributed by atoms with E-state index in [0.717, 1.165) is 4.90 Å². The molecule has 10 heteroatoms. The number of carbonyl (C=O) groups excluding carboxylic acids is 2. The molecule has 1 aromatic rings. The average Bonchev–Trinajstić information content (AvgIpc) is 3.00. The molecule has 0 aromatic heterocycles. The van der Waals surface area contributed by atoms with Crippen molar-refractivity contribution < 1.29 is 14.3 Å². The second kappa shape index (κ2) is 6.07. The summed E-state index contributed by atoms with van der Waals surface area (Å²) in [7, 11) is 0. The molecule has 4 rings (SSSR count). The third-order valence-electron chi connectivity index (χ3n) is 5.31. The van der Waals surface area contributed by atoms with Crippen molar-refractivity contribution in [3.8, 4) is 5.75 Å². The fraction of sp³-hybridized carbons (Fsp3) is 0.412. The van der Waals surface area contributed by atoms with E-state index in [2.05, 4.69) is 0 Å². The maximum absolute atomic E-state index is 13.3. The van der Waals surface area contributed by atoms with Crippen LogP contribution in [0.1, 0.15) is 6.92 Å². The highest BCUT2D eigenvalue weighted by molar-refractivity contribution is 6.67. The number of halogens is 6. The molecule has 1 saturated heterocycles. The van der Waals surface area contributed by atoms with E-state index in [-0.39, 0.29) is 15.8 Å². The number of nitrogens with zero attached hydrogens (tertiary/aromatic N) is 1. The van der Waals surface area contributed by atoms with Crippen molar-refractivity contribution >= 4 is 87.1 Å². The topological polar surface area (TPSA) is 46.6 Å². The summed E-state index contributed by atoms with van der Waals surface area (Å²) in [5.41, 5.74) is 0.283. The van der Waals surface area contributed by atoms with Gasteiger partial charge in [-0.2, -0.15) is 0 Å². The molecule has 0 unspecified atom stereocenters. The molecule has 2 bridgehead atoms. The van der Waals surface area contributed by atoms with Crippen LogP contribution in [0.4, 0.5) is 5.69 Å². The zero-order valence-electron chi connectivity index (χ0n) is 13.6. The van der Waals surface area contributed by atoms with Gasteiger partial charge in [-0.05, 0) is 19.1 Å². The minimum atomic E-state index is -1.94. The van der Waals surface area contributed by atoms with Crippen LogP contribution in [0.2, 0.25) is 0 Å². The monoisotopic (exact) mass is 487 g/mol. The van der Waals surface area contributed by atoms with Crippen LogP contribution in [0.3, 0.4) is 0 Å². The second-order valence-electron chi connectivity index (χ2n) is 6.49. The summed E-state index contributed by atoms with van der Waals surface area (Å²) >= 11 is 38.8. The Bertz CT molecular complexity index is 872. The minimum absolute atomic E-state index is 0.117. The smallest absolute Gasteiger partial charge is 0.240 e. The zero-order valence-corrected chi connectivity index (χ0v) is 18.1. The number of para-hydroxylation sites is 2. The predicted octanol–water partition coefficient (Wildman–Crippen LogP) is 5.04. The van der Waals surface area contributed by atoms with Crippen molar-refractivity contribution in [2.24, 2.45) is 11.8 Å². The van der Waals surface area contributed by atoms with Gasteiger partial charge < -0.3 is 4.74 Å². The van der Waals surface area contributed by atoms with Gasteiger partial charge in [-0.3, -0.25) is 9.59 Å². The molecule has 0 radical (unpaired) electrons. The van der Waals surface area contributed by atoms with Gasteiger partial charge in [0.15, 0.2) is 4.33 Å². The molecule has 2 amide bonds. The molecule has 4 nitrogen and oxygen atoms in total. The third-order valence-corrected chi connectivity index (χ3v) is 9.57. The second-order valence-corrected chi connectivity index (χ2v) is 9.77. The summed E-state index contributed by atoms with van der Waals surface area (Å²) in [6.07, 6.45) is 0. The van der Waals surface area contributed by atoms with Crippen molar-refractivity contribution in [1.29, 1.82) is 0 Å². The van der Waals surface area contributed by atoms with E-state index in [1.165, 1.54) is 0 Å².